The van der Waals surface area contributed by atoms with Crippen molar-refractivity contribution in [2.24, 2.45) is 0 Å². The fraction of sp³-hybridized carbons (Fsp3) is 0.188. The van der Waals surface area contributed by atoms with Gasteiger partial charge in [-0.15, -0.1) is 0 Å². The Balaban J connectivity index is 2.08. The van der Waals surface area contributed by atoms with Crippen molar-refractivity contribution in [3.05, 3.63) is 63.9 Å². The molecule has 0 aliphatic carbocycles. The van der Waals surface area contributed by atoms with Crippen LogP contribution in [0.15, 0.2) is 46.9 Å². The van der Waals surface area contributed by atoms with Crippen LogP contribution in [0.3, 0.4) is 0 Å². The second-order valence-electron chi connectivity index (χ2n) is 4.56. The van der Waals surface area contributed by atoms with E-state index in [2.05, 4.69) is 15.9 Å². The number of ether oxygens (including phenoxy) is 1. The minimum absolute atomic E-state index is 0.0316. The van der Waals surface area contributed by atoms with Crippen molar-refractivity contribution in [2.45, 2.75) is 19.4 Å². The number of carboxylic acids is 1. The topological polar surface area (TPSA) is 46.5 Å². The molecule has 0 unspecified atom stereocenters. The van der Waals surface area contributed by atoms with Gasteiger partial charge in [-0.25, -0.2) is 4.39 Å². The third-order valence-electron chi connectivity index (χ3n) is 2.91. The van der Waals surface area contributed by atoms with E-state index in [1.54, 1.807) is 6.07 Å². The van der Waals surface area contributed by atoms with Crippen molar-refractivity contribution in [3.8, 4) is 5.75 Å². The zero-order chi connectivity index (χ0) is 15.2. The number of rotatable bonds is 6. The molecule has 110 valence electrons. The van der Waals surface area contributed by atoms with Gasteiger partial charge in [0.15, 0.2) is 11.6 Å². The highest BCUT2D eigenvalue weighted by atomic mass is 79.9. The van der Waals surface area contributed by atoms with Crippen LogP contribution in [-0.4, -0.2) is 11.1 Å². The summed E-state index contributed by atoms with van der Waals surface area (Å²) in [7, 11) is 0. The maximum Gasteiger partial charge on any atom is 0.303 e. The Hall–Kier alpha value is -1.88. The first-order valence-electron chi connectivity index (χ1n) is 6.42. The van der Waals surface area contributed by atoms with Gasteiger partial charge in [-0.1, -0.05) is 30.3 Å². The molecule has 0 amide bonds. The number of carbonyl (C=O) groups is 1. The molecule has 1 N–H and O–H groups in total. The summed E-state index contributed by atoms with van der Waals surface area (Å²) in [6, 6.07) is 12.5. The maximum atomic E-state index is 14.0. The van der Waals surface area contributed by atoms with Crippen molar-refractivity contribution in [1.29, 1.82) is 0 Å². The Morgan fingerprint density at radius 3 is 2.52 bits per heavy atom. The molecule has 0 bridgehead atoms. The Morgan fingerprint density at radius 1 is 1.19 bits per heavy atom. The lowest BCUT2D eigenvalue weighted by Crippen LogP contribution is -2.01. The molecule has 0 radical (unpaired) electrons. The first kappa shape index (κ1) is 15.5. The second kappa shape index (κ2) is 7.22. The molecular weight excluding hydrogens is 339 g/mol. The maximum absolute atomic E-state index is 14.0. The summed E-state index contributed by atoms with van der Waals surface area (Å²) in [6.45, 7) is 0.269. The molecule has 2 aromatic carbocycles. The Kier molecular flexibility index (Phi) is 5.33. The van der Waals surface area contributed by atoms with Crippen LogP contribution in [0.1, 0.15) is 17.5 Å². The van der Waals surface area contributed by atoms with Crippen LogP contribution >= 0.6 is 15.9 Å². The summed E-state index contributed by atoms with van der Waals surface area (Å²) in [6.07, 6.45) is 0.250. The number of benzene rings is 2. The molecule has 0 heterocycles. The summed E-state index contributed by atoms with van der Waals surface area (Å²) >= 11 is 3.27. The van der Waals surface area contributed by atoms with Gasteiger partial charge >= 0.3 is 5.97 Å². The van der Waals surface area contributed by atoms with E-state index < -0.39 is 11.8 Å². The van der Waals surface area contributed by atoms with E-state index in [-0.39, 0.29) is 25.2 Å². The van der Waals surface area contributed by atoms with Gasteiger partial charge in [-0.2, -0.15) is 0 Å². The number of hydrogen-bond acceptors (Lipinski definition) is 2. The molecule has 5 heteroatoms. The minimum Gasteiger partial charge on any atom is -0.485 e. The van der Waals surface area contributed by atoms with Crippen molar-refractivity contribution in [3.63, 3.8) is 0 Å². The van der Waals surface area contributed by atoms with Crippen molar-refractivity contribution >= 4 is 21.9 Å². The standard InChI is InChI=1S/C16H14BrFO3/c17-13-8-12(6-7-15(19)20)9-14(18)16(13)21-10-11-4-2-1-3-5-11/h1-5,8-9H,6-7,10H2,(H,19,20). The molecule has 0 spiro atoms. The summed E-state index contributed by atoms with van der Waals surface area (Å²) < 4.78 is 20.0. The highest BCUT2D eigenvalue weighted by molar-refractivity contribution is 9.10. The minimum atomic E-state index is -0.907. The smallest absolute Gasteiger partial charge is 0.303 e. The molecular formula is C16H14BrFO3. The predicted octanol–water partition coefficient (Wildman–Crippen LogP) is 4.18. The normalized spacial score (nSPS) is 10.4. The Bertz CT molecular complexity index is 606. The fourth-order valence-corrected chi connectivity index (χ4v) is 2.47. The van der Waals surface area contributed by atoms with E-state index in [0.29, 0.717) is 10.0 Å². The van der Waals surface area contributed by atoms with Crippen LogP contribution in [0.25, 0.3) is 0 Å². The predicted molar refractivity (Wildman–Crippen MR) is 80.8 cm³/mol. The van der Waals surface area contributed by atoms with E-state index in [4.69, 9.17) is 9.84 Å². The van der Waals surface area contributed by atoms with Gasteiger partial charge in [0, 0.05) is 6.42 Å². The number of aliphatic carboxylic acids is 1. The fourth-order valence-electron chi connectivity index (χ4n) is 1.88. The lowest BCUT2D eigenvalue weighted by molar-refractivity contribution is -0.136. The van der Waals surface area contributed by atoms with E-state index >= 15 is 0 Å². The molecule has 0 aliphatic rings. The van der Waals surface area contributed by atoms with Crippen molar-refractivity contribution in [2.75, 3.05) is 0 Å². The highest BCUT2D eigenvalue weighted by Gasteiger charge is 2.12. The highest BCUT2D eigenvalue weighted by Crippen LogP contribution is 2.30. The van der Waals surface area contributed by atoms with Crippen LogP contribution in [0, 0.1) is 5.82 Å². The molecule has 0 saturated heterocycles. The lowest BCUT2D eigenvalue weighted by atomic mass is 10.1. The first-order chi connectivity index (χ1) is 10.1. The van der Waals surface area contributed by atoms with Crippen LogP contribution in [0.2, 0.25) is 0 Å². The summed E-state index contributed by atoms with van der Waals surface area (Å²) in [5.74, 6) is -1.27. The lowest BCUT2D eigenvalue weighted by Gasteiger charge is -2.11. The van der Waals surface area contributed by atoms with Crippen molar-refractivity contribution < 1.29 is 19.0 Å². The third-order valence-corrected chi connectivity index (χ3v) is 3.50. The molecule has 0 atom stereocenters. The molecule has 21 heavy (non-hydrogen) atoms. The molecule has 3 nitrogen and oxygen atoms in total. The average molecular weight is 353 g/mol. The van der Waals surface area contributed by atoms with Crippen LogP contribution in [0.5, 0.6) is 5.75 Å². The van der Waals surface area contributed by atoms with Gasteiger partial charge < -0.3 is 9.84 Å². The molecule has 0 aliphatic heterocycles. The quantitative estimate of drug-likeness (QED) is 0.847. The molecule has 2 aromatic rings. The summed E-state index contributed by atoms with van der Waals surface area (Å²) in [4.78, 5) is 10.5. The zero-order valence-corrected chi connectivity index (χ0v) is 12.8. The van der Waals surface area contributed by atoms with E-state index in [1.807, 2.05) is 30.3 Å². The van der Waals surface area contributed by atoms with Gasteiger partial charge in [0.25, 0.3) is 0 Å². The van der Waals surface area contributed by atoms with E-state index in [0.717, 1.165) is 5.56 Å². The van der Waals surface area contributed by atoms with E-state index in [1.165, 1.54) is 6.07 Å². The molecule has 0 aromatic heterocycles. The summed E-state index contributed by atoms with van der Waals surface area (Å²) in [5.41, 5.74) is 1.56. The monoisotopic (exact) mass is 352 g/mol. The van der Waals surface area contributed by atoms with Crippen molar-refractivity contribution in [1.82, 2.24) is 0 Å². The number of aryl methyl sites for hydroxylation is 1. The SMILES string of the molecule is O=C(O)CCc1cc(F)c(OCc2ccccc2)c(Br)c1. The molecule has 2 rings (SSSR count). The largest absolute Gasteiger partial charge is 0.485 e. The number of halogens is 2. The molecule has 0 saturated carbocycles. The zero-order valence-electron chi connectivity index (χ0n) is 11.2. The van der Waals surface area contributed by atoms with Crippen LogP contribution < -0.4 is 4.74 Å². The van der Waals surface area contributed by atoms with Gasteiger partial charge in [0.1, 0.15) is 6.61 Å². The summed E-state index contributed by atoms with van der Waals surface area (Å²) in [5, 5.41) is 8.65. The third kappa shape index (κ3) is 4.56. The average Bonchev–Trinajstić information content (AvgIpc) is 2.45. The van der Waals surface area contributed by atoms with Gasteiger partial charge in [-0.05, 0) is 45.6 Å². The van der Waals surface area contributed by atoms with Crippen LogP contribution in [0.4, 0.5) is 4.39 Å². The Labute approximate surface area is 130 Å². The van der Waals surface area contributed by atoms with Gasteiger partial charge in [0.05, 0.1) is 4.47 Å². The van der Waals surface area contributed by atoms with Gasteiger partial charge in [0.2, 0.25) is 0 Å². The van der Waals surface area contributed by atoms with E-state index in [9.17, 15) is 9.18 Å². The first-order valence-corrected chi connectivity index (χ1v) is 7.22. The van der Waals surface area contributed by atoms with Gasteiger partial charge in [-0.3, -0.25) is 4.79 Å². The molecule has 0 fully saturated rings. The second-order valence-corrected chi connectivity index (χ2v) is 5.41. The van der Waals surface area contributed by atoms with Crippen LogP contribution in [-0.2, 0) is 17.8 Å². The number of hydrogen-bond donors (Lipinski definition) is 1. The Morgan fingerprint density at radius 2 is 1.90 bits per heavy atom. The number of carboxylic acid groups (broad SMARTS) is 1.